The normalized spacial score (nSPS) is 10.8. The molecule has 0 atom stereocenters. The Morgan fingerprint density at radius 1 is 1.27 bits per heavy atom. The average molecular weight is 371 g/mol. The van der Waals surface area contributed by atoms with Crippen LogP contribution in [0.4, 0.5) is 0 Å². The summed E-state index contributed by atoms with van der Waals surface area (Å²) in [6.07, 6.45) is 2.13. The third-order valence-corrected chi connectivity index (χ3v) is 5.24. The molecule has 26 heavy (non-hydrogen) atoms. The van der Waals surface area contributed by atoms with Crippen molar-refractivity contribution in [3.63, 3.8) is 0 Å². The van der Waals surface area contributed by atoms with E-state index in [0.717, 1.165) is 21.0 Å². The van der Waals surface area contributed by atoms with Crippen molar-refractivity contribution < 1.29 is 9.53 Å². The highest BCUT2D eigenvalue weighted by atomic mass is 32.1. The summed E-state index contributed by atoms with van der Waals surface area (Å²) >= 11 is 1.50. The molecular weight excluding hydrogens is 350 g/mol. The van der Waals surface area contributed by atoms with Crippen LogP contribution in [0.3, 0.4) is 0 Å². The van der Waals surface area contributed by atoms with E-state index in [4.69, 9.17) is 4.74 Å². The Hall–Kier alpha value is -2.67. The maximum absolute atomic E-state index is 12.6. The quantitative estimate of drug-likeness (QED) is 0.648. The van der Waals surface area contributed by atoms with Crippen molar-refractivity contribution in [2.75, 3.05) is 13.2 Å². The number of nitrogens with zero attached hydrogens (tertiary/aromatic N) is 2. The molecule has 0 spiro atoms. The smallest absolute Gasteiger partial charge is 0.262 e. The summed E-state index contributed by atoms with van der Waals surface area (Å²) in [7, 11) is 0. The van der Waals surface area contributed by atoms with Gasteiger partial charge in [0.05, 0.1) is 18.3 Å². The highest BCUT2D eigenvalue weighted by molar-refractivity contribution is 7.18. The minimum absolute atomic E-state index is 0.0321. The van der Waals surface area contributed by atoms with Gasteiger partial charge in [-0.25, -0.2) is 4.98 Å². The van der Waals surface area contributed by atoms with Gasteiger partial charge in [0.1, 0.15) is 17.1 Å². The van der Waals surface area contributed by atoms with Crippen LogP contribution in [0.25, 0.3) is 10.2 Å². The van der Waals surface area contributed by atoms with Gasteiger partial charge in [0.25, 0.3) is 5.56 Å². The van der Waals surface area contributed by atoms with Gasteiger partial charge in [-0.05, 0) is 38.0 Å². The summed E-state index contributed by atoms with van der Waals surface area (Å²) in [5.41, 5.74) is 0.773. The Bertz CT molecular complexity index is 963. The van der Waals surface area contributed by atoms with Crippen molar-refractivity contribution in [2.24, 2.45) is 0 Å². The molecule has 136 valence electrons. The molecule has 3 aromatic rings. The number of nitrogens with one attached hydrogen (secondary N) is 1. The number of carbonyl (C=O) groups excluding carboxylic acids is 1. The number of aromatic nitrogens is 2. The Labute approximate surface area is 155 Å². The molecule has 0 aliphatic rings. The average Bonchev–Trinajstić information content (AvgIpc) is 2.93. The van der Waals surface area contributed by atoms with Gasteiger partial charge in [-0.2, -0.15) is 0 Å². The lowest BCUT2D eigenvalue weighted by molar-refractivity contribution is -0.121. The summed E-state index contributed by atoms with van der Waals surface area (Å²) in [6, 6.07) is 9.54. The number of aryl methyl sites for hydroxylation is 2. The van der Waals surface area contributed by atoms with E-state index in [9.17, 15) is 9.59 Å². The number of hydrogen-bond acceptors (Lipinski definition) is 5. The van der Waals surface area contributed by atoms with E-state index in [0.29, 0.717) is 25.0 Å². The van der Waals surface area contributed by atoms with E-state index in [1.807, 2.05) is 44.2 Å². The number of fused-ring (bicyclic) bond motifs is 1. The lowest BCUT2D eigenvalue weighted by Crippen LogP contribution is -2.33. The van der Waals surface area contributed by atoms with Crippen molar-refractivity contribution in [3.05, 3.63) is 57.5 Å². The van der Waals surface area contributed by atoms with Crippen molar-refractivity contribution in [2.45, 2.75) is 26.8 Å². The van der Waals surface area contributed by atoms with Crippen molar-refractivity contribution in [3.8, 4) is 5.75 Å². The number of para-hydroxylation sites is 1. The van der Waals surface area contributed by atoms with Gasteiger partial charge in [0, 0.05) is 11.4 Å². The molecule has 1 N–H and O–H groups in total. The maximum atomic E-state index is 12.6. The van der Waals surface area contributed by atoms with Crippen LogP contribution in [0.1, 0.15) is 16.9 Å². The molecule has 0 saturated heterocycles. The first-order valence-corrected chi connectivity index (χ1v) is 9.27. The van der Waals surface area contributed by atoms with Crippen LogP contribution in [0.5, 0.6) is 5.75 Å². The SMILES string of the molecule is Cc1sc2ncn(CC(=O)NCCCOc3ccccc3)c(=O)c2c1C. The molecule has 0 aliphatic heterocycles. The van der Waals surface area contributed by atoms with Gasteiger partial charge in [-0.1, -0.05) is 18.2 Å². The molecule has 1 aromatic carbocycles. The minimum Gasteiger partial charge on any atom is -0.494 e. The fraction of sp³-hybridized carbons (Fsp3) is 0.316. The Balaban J connectivity index is 1.50. The predicted molar refractivity (Wildman–Crippen MR) is 103 cm³/mol. The number of hydrogen-bond donors (Lipinski definition) is 1. The van der Waals surface area contributed by atoms with Gasteiger partial charge in [0.2, 0.25) is 5.91 Å². The molecular formula is C19H21N3O3S. The zero-order valence-corrected chi connectivity index (χ0v) is 15.6. The molecule has 6 nitrogen and oxygen atoms in total. The largest absolute Gasteiger partial charge is 0.494 e. The van der Waals surface area contributed by atoms with Gasteiger partial charge in [-0.3, -0.25) is 14.2 Å². The first-order valence-electron chi connectivity index (χ1n) is 8.46. The standard InChI is InChI=1S/C19H21N3O3S/c1-13-14(2)26-18-17(13)19(24)22(12-21-18)11-16(23)20-9-6-10-25-15-7-4-3-5-8-15/h3-5,7-8,12H,6,9-11H2,1-2H3,(H,20,23). The third-order valence-electron chi connectivity index (χ3n) is 4.12. The second-order valence-electron chi connectivity index (χ2n) is 6.01. The molecule has 0 aliphatic carbocycles. The van der Waals surface area contributed by atoms with E-state index in [2.05, 4.69) is 10.3 Å². The molecule has 7 heteroatoms. The molecule has 0 fully saturated rings. The highest BCUT2D eigenvalue weighted by Crippen LogP contribution is 2.25. The number of amides is 1. The molecule has 0 unspecified atom stereocenters. The monoisotopic (exact) mass is 371 g/mol. The Kier molecular flexibility index (Phi) is 5.68. The zero-order valence-electron chi connectivity index (χ0n) is 14.8. The first-order chi connectivity index (χ1) is 12.6. The Morgan fingerprint density at radius 3 is 2.81 bits per heavy atom. The maximum Gasteiger partial charge on any atom is 0.262 e. The summed E-state index contributed by atoms with van der Waals surface area (Å²) < 4.78 is 6.93. The number of ether oxygens (including phenoxy) is 1. The van der Waals surface area contributed by atoms with E-state index in [-0.39, 0.29) is 18.0 Å². The van der Waals surface area contributed by atoms with Crippen LogP contribution >= 0.6 is 11.3 Å². The van der Waals surface area contributed by atoms with E-state index < -0.39 is 0 Å². The molecule has 0 bridgehead atoms. The highest BCUT2D eigenvalue weighted by Gasteiger charge is 2.13. The number of rotatable bonds is 7. The van der Waals surface area contributed by atoms with E-state index in [1.54, 1.807) is 0 Å². The van der Waals surface area contributed by atoms with Gasteiger partial charge >= 0.3 is 0 Å². The predicted octanol–water partition coefficient (Wildman–Crippen LogP) is 2.66. The van der Waals surface area contributed by atoms with Crippen LogP contribution < -0.4 is 15.6 Å². The summed E-state index contributed by atoms with van der Waals surface area (Å²) in [5.74, 6) is 0.601. The third kappa shape index (κ3) is 4.11. The first kappa shape index (κ1) is 18.1. The van der Waals surface area contributed by atoms with Crippen LogP contribution in [0.2, 0.25) is 0 Å². The molecule has 2 heterocycles. The second-order valence-corrected chi connectivity index (χ2v) is 7.21. The minimum atomic E-state index is -0.211. The van der Waals surface area contributed by atoms with E-state index >= 15 is 0 Å². The lowest BCUT2D eigenvalue weighted by atomic mass is 10.2. The van der Waals surface area contributed by atoms with Crippen molar-refractivity contribution in [1.82, 2.24) is 14.9 Å². The van der Waals surface area contributed by atoms with E-state index in [1.165, 1.54) is 22.2 Å². The fourth-order valence-electron chi connectivity index (χ4n) is 2.60. The summed E-state index contributed by atoms with van der Waals surface area (Å²) in [6.45, 7) is 4.86. The Morgan fingerprint density at radius 2 is 2.04 bits per heavy atom. The summed E-state index contributed by atoms with van der Waals surface area (Å²) in [5, 5.41) is 3.42. The number of carbonyl (C=O) groups is 1. The molecule has 0 saturated carbocycles. The lowest BCUT2D eigenvalue weighted by Gasteiger charge is -2.08. The number of thiophene rings is 1. The second kappa shape index (κ2) is 8.14. The number of benzene rings is 1. The van der Waals surface area contributed by atoms with Crippen molar-refractivity contribution >= 4 is 27.5 Å². The zero-order chi connectivity index (χ0) is 18.5. The molecule has 1 amide bonds. The van der Waals surface area contributed by atoms with Gasteiger partial charge in [0.15, 0.2) is 0 Å². The van der Waals surface area contributed by atoms with Gasteiger partial charge < -0.3 is 10.1 Å². The van der Waals surface area contributed by atoms with Gasteiger partial charge in [-0.15, -0.1) is 11.3 Å². The van der Waals surface area contributed by atoms with Crippen LogP contribution in [0, 0.1) is 13.8 Å². The topological polar surface area (TPSA) is 73.2 Å². The molecule has 3 rings (SSSR count). The molecule has 2 aromatic heterocycles. The molecule has 0 radical (unpaired) electrons. The van der Waals surface area contributed by atoms with Crippen LogP contribution in [0.15, 0.2) is 41.5 Å². The summed E-state index contributed by atoms with van der Waals surface area (Å²) in [4.78, 5) is 30.7. The van der Waals surface area contributed by atoms with Crippen LogP contribution in [-0.4, -0.2) is 28.6 Å². The van der Waals surface area contributed by atoms with Crippen molar-refractivity contribution in [1.29, 1.82) is 0 Å². The van der Waals surface area contributed by atoms with Crippen LogP contribution in [-0.2, 0) is 11.3 Å². The fourth-order valence-corrected chi connectivity index (χ4v) is 3.59.